The summed E-state index contributed by atoms with van der Waals surface area (Å²) >= 11 is 0. The first-order valence-corrected chi connectivity index (χ1v) is 7.00. The predicted octanol–water partition coefficient (Wildman–Crippen LogP) is 2.64. The second-order valence-electron chi connectivity index (χ2n) is 5.09. The zero-order valence-electron chi connectivity index (χ0n) is 12.1. The Labute approximate surface area is 130 Å². The van der Waals surface area contributed by atoms with E-state index in [0.29, 0.717) is 23.5 Å². The maximum atomic E-state index is 12.4. The number of halogens is 3. The zero-order valence-corrected chi connectivity index (χ0v) is 12.1. The molecule has 124 valence electrons. The van der Waals surface area contributed by atoms with Crippen molar-refractivity contribution in [3.63, 3.8) is 0 Å². The van der Waals surface area contributed by atoms with E-state index in [9.17, 15) is 27.6 Å². The van der Waals surface area contributed by atoms with Crippen molar-refractivity contribution >= 4 is 17.8 Å². The SMILES string of the molecule is O=C(CCCc1ccc(C(F)(F)F)cc1)ON1C(=O)CCC1=O. The number of rotatable bonds is 5. The second kappa shape index (κ2) is 6.80. The van der Waals surface area contributed by atoms with Crippen LogP contribution in [0.1, 0.15) is 36.8 Å². The summed E-state index contributed by atoms with van der Waals surface area (Å²) in [5.41, 5.74) is -0.0779. The van der Waals surface area contributed by atoms with Gasteiger partial charge in [-0.1, -0.05) is 12.1 Å². The fourth-order valence-electron chi connectivity index (χ4n) is 2.10. The molecule has 1 aliphatic rings. The third-order valence-corrected chi connectivity index (χ3v) is 3.33. The van der Waals surface area contributed by atoms with Crippen LogP contribution in [0.15, 0.2) is 24.3 Å². The summed E-state index contributed by atoms with van der Waals surface area (Å²) in [6.07, 6.45) is -3.65. The van der Waals surface area contributed by atoms with E-state index >= 15 is 0 Å². The van der Waals surface area contributed by atoms with Crippen LogP contribution in [0.2, 0.25) is 0 Å². The maximum Gasteiger partial charge on any atom is 0.416 e. The summed E-state index contributed by atoms with van der Waals surface area (Å²) in [6, 6.07) is 4.66. The topological polar surface area (TPSA) is 63.7 Å². The van der Waals surface area contributed by atoms with Crippen molar-refractivity contribution in [1.29, 1.82) is 0 Å². The quantitative estimate of drug-likeness (QED) is 0.779. The van der Waals surface area contributed by atoms with E-state index in [2.05, 4.69) is 4.84 Å². The average Bonchev–Trinajstić information content (AvgIpc) is 2.79. The highest BCUT2D eigenvalue weighted by Gasteiger charge is 2.32. The first-order valence-electron chi connectivity index (χ1n) is 7.00. The number of imide groups is 1. The number of nitrogens with zero attached hydrogens (tertiary/aromatic N) is 1. The summed E-state index contributed by atoms with van der Waals surface area (Å²) in [7, 11) is 0. The standard InChI is InChI=1S/C15H14F3NO4/c16-15(17,18)11-6-4-10(5-7-11)2-1-3-14(22)23-19-12(20)8-9-13(19)21/h4-7H,1-3,8-9H2. The number of hydroxylamine groups is 2. The smallest absolute Gasteiger partial charge is 0.330 e. The molecule has 23 heavy (non-hydrogen) atoms. The van der Waals surface area contributed by atoms with Crippen LogP contribution >= 0.6 is 0 Å². The largest absolute Gasteiger partial charge is 0.416 e. The summed E-state index contributed by atoms with van der Waals surface area (Å²) in [5, 5.41) is 0.473. The molecule has 0 atom stereocenters. The van der Waals surface area contributed by atoms with Crippen molar-refractivity contribution < 1.29 is 32.4 Å². The molecule has 8 heteroatoms. The molecule has 1 aromatic rings. The van der Waals surface area contributed by atoms with Gasteiger partial charge in [0.05, 0.1) is 5.56 Å². The van der Waals surface area contributed by atoms with Gasteiger partial charge in [0.2, 0.25) is 0 Å². The van der Waals surface area contributed by atoms with Gasteiger partial charge in [-0.25, -0.2) is 4.79 Å². The molecular formula is C15H14F3NO4. The first kappa shape index (κ1) is 17.0. The Morgan fingerprint density at radius 1 is 1.09 bits per heavy atom. The molecule has 1 aliphatic heterocycles. The van der Waals surface area contributed by atoms with E-state index in [1.165, 1.54) is 12.1 Å². The summed E-state index contributed by atoms with van der Waals surface area (Å²) in [6.45, 7) is 0. The lowest BCUT2D eigenvalue weighted by Gasteiger charge is -2.12. The van der Waals surface area contributed by atoms with Crippen molar-refractivity contribution in [3.8, 4) is 0 Å². The average molecular weight is 329 g/mol. The van der Waals surface area contributed by atoms with E-state index < -0.39 is 29.5 Å². The number of alkyl halides is 3. The summed E-state index contributed by atoms with van der Waals surface area (Å²) < 4.78 is 37.2. The first-order chi connectivity index (χ1) is 10.8. The van der Waals surface area contributed by atoms with Crippen LogP contribution in [-0.2, 0) is 31.8 Å². The third-order valence-electron chi connectivity index (χ3n) is 3.33. The Morgan fingerprint density at radius 3 is 2.17 bits per heavy atom. The Morgan fingerprint density at radius 2 is 1.65 bits per heavy atom. The number of hydrogen-bond acceptors (Lipinski definition) is 4. The number of carbonyl (C=O) groups excluding carboxylic acids is 3. The molecule has 1 aromatic carbocycles. The molecule has 0 radical (unpaired) electrons. The number of carbonyl (C=O) groups is 3. The van der Waals surface area contributed by atoms with Crippen LogP contribution in [0.5, 0.6) is 0 Å². The minimum atomic E-state index is -4.38. The van der Waals surface area contributed by atoms with Gasteiger partial charge < -0.3 is 4.84 Å². The van der Waals surface area contributed by atoms with Crippen LogP contribution in [0.3, 0.4) is 0 Å². The molecule has 0 aromatic heterocycles. The minimum Gasteiger partial charge on any atom is -0.330 e. The van der Waals surface area contributed by atoms with Gasteiger partial charge >= 0.3 is 12.1 Å². The van der Waals surface area contributed by atoms with Crippen LogP contribution in [0, 0.1) is 0 Å². The molecule has 2 rings (SSSR count). The molecule has 0 N–H and O–H groups in total. The Kier molecular flexibility index (Phi) is 5.02. The van der Waals surface area contributed by atoms with Crippen LogP contribution in [0.25, 0.3) is 0 Å². The monoisotopic (exact) mass is 329 g/mol. The summed E-state index contributed by atoms with van der Waals surface area (Å²) in [5.74, 6) is -1.82. The maximum absolute atomic E-state index is 12.4. The molecule has 5 nitrogen and oxygen atoms in total. The molecule has 0 spiro atoms. The minimum absolute atomic E-state index is 0.0255. The molecular weight excluding hydrogens is 315 g/mol. The van der Waals surface area contributed by atoms with Gasteiger partial charge in [0.25, 0.3) is 11.8 Å². The van der Waals surface area contributed by atoms with Crippen LogP contribution < -0.4 is 0 Å². The lowest BCUT2D eigenvalue weighted by molar-refractivity contribution is -0.197. The summed E-state index contributed by atoms with van der Waals surface area (Å²) in [4.78, 5) is 38.8. The second-order valence-corrected chi connectivity index (χ2v) is 5.09. The zero-order chi connectivity index (χ0) is 17.0. The van der Waals surface area contributed by atoms with E-state index in [0.717, 1.165) is 12.1 Å². The lowest BCUT2D eigenvalue weighted by atomic mass is 10.1. The highest BCUT2D eigenvalue weighted by Crippen LogP contribution is 2.29. The predicted molar refractivity (Wildman–Crippen MR) is 71.6 cm³/mol. The molecule has 2 amide bonds. The number of hydrogen-bond donors (Lipinski definition) is 0. The Bertz CT molecular complexity index is 594. The fraction of sp³-hybridized carbons (Fsp3) is 0.400. The van der Waals surface area contributed by atoms with Gasteiger partial charge in [-0.3, -0.25) is 9.59 Å². The Hall–Kier alpha value is -2.38. The van der Waals surface area contributed by atoms with Gasteiger partial charge in [0, 0.05) is 19.3 Å². The molecule has 0 unspecified atom stereocenters. The molecule has 1 heterocycles. The van der Waals surface area contributed by atoms with Crippen molar-refractivity contribution in [2.45, 2.75) is 38.3 Å². The van der Waals surface area contributed by atoms with E-state index in [-0.39, 0.29) is 19.3 Å². The van der Waals surface area contributed by atoms with Gasteiger partial charge in [0.15, 0.2) is 0 Å². The van der Waals surface area contributed by atoms with Crippen molar-refractivity contribution in [3.05, 3.63) is 35.4 Å². The Balaban J connectivity index is 1.77. The molecule has 0 aliphatic carbocycles. The van der Waals surface area contributed by atoms with E-state index in [1.54, 1.807) is 0 Å². The van der Waals surface area contributed by atoms with Gasteiger partial charge in [-0.15, -0.1) is 5.06 Å². The van der Waals surface area contributed by atoms with Crippen LogP contribution in [-0.4, -0.2) is 22.8 Å². The van der Waals surface area contributed by atoms with Gasteiger partial charge in [0.1, 0.15) is 0 Å². The van der Waals surface area contributed by atoms with E-state index in [4.69, 9.17) is 0 Å². The normalized spacial score (nSPS) is 15.2. The van der Waals surface area contributed by atoms with Gasteiger partial charge in [-0.2, -0.15) is 13.2 Å². The number of benzene rings is 1. The molecule has 0 saturated carbocycles. The van der Waals surface area contributed by atoms with Crippen molar-refractivity contribution in [1.82, 2.24) is 5.06 Å². The molecule has 0 bridgehead atoms. The number of aryl methyl sites for hydroxylation is 1. The number of amides is 2. The molecule has 1 fully saturated rings. The third kappa shape index (κ3) is 4.54. The highest BCUT2D eigenvalue weighted by molar-refractivity contribution is 6.01. The molecule has 1 saturated heterocycles. The highest BCUT2D eigenvalue weighted by atomic mass is 19.4. The van der Waals surface area contributed by atoms with Crippen LogP contribution in [0.4, 0.5) is 13.2 Å². The van der Waals surface area contributed by atoms with E-state index in [1.807, 2.05) is 0 Å². The fourth-order valence-corrected chi connectivity index (χ4v) is 2.10. The lowest BCUT2D eigenvalue weighted by Crippen LogP contribution is -2.31. The van der Waals surface area contributed by atoms with Gasteiger partial charge in [-0.05, 0) is 30.5 Å². The van der Waals surface area contributed by atoms with Crippen molar-refractivity contribution in [2.24, 2.45) is 0 Å². The van der Waals surface area contributed by atoms with Crippen molar-refractivity contribution in [2.75, 3.05) is 0 Å².